The van der Waals surface area contributed by atoms with Crippen molar-refractivity contribution >= 4 is 17.2 Å². The molecular formula is C11H16N2O2S. The van der Waals surface area contributed by atoms with Crippen LogP contribution in [0.15, 0.2) is 23.1 Å². The highest BCUT2D eigenvalue weighted by Gasteiger charge is 2.04. The second-order valence-electron chi connectivity index (χ2n) is 3.34. The normalized spacial score (nSPS) is 10.3. The van der Waals surface area contributed by atoms with Crippen LogP contribution in [0.5, 0.6) is 0 Å². The molecule has 0 unspecified atom stereocenters. The van der Waals surface area contributed by atoms with Gasteiger partial charge in [0.05, 0.1) is 5.56 Å². The molecule has 0 spiro atoms. The van der Waals surface area contributed by atoms with Crippen LogP contribution in [0.1, 0.15) is 18.9 Å². The summed E-state index contributed by atoms with van der Waals surface area (Å²) in [7, 11) is 0. The molecule has 0 atom stereocenters. The van der Waals surface area contributed by atoms with Crippen molar-refractivity contribution in [2.75, 3.05) is 13.2 Å². The van der Waals surface area contributed by atoms with Gasteiger partial charge >= 0.3 is 0 Å². The van der Waals surface area contributed by atoms with E-state index < -0.39 is 0 Å². The Labute approximate surface area is 100 Å². The molecule has 1 heterocycles. The van der Waals surface area contributed by atoms with Crippen LogP contribution in [0.3, 0.4) is 0 Å². The minimum Gasteiger partial charge on any atom is -0.389 e. The molecule has 0 aliphatic rings. The summed E-state index contributed by atoms with van der Waals surface area (Å²) in [4.78, 5) is 12.0. The van der Waals surface area contributed by atoms with Crippen molar-refractivity contribution in [1.29, 1.82) is 0 Å². The molecule has 88 valence electrons. The van der Waals surface area contributed by atoms with Gasteiger partial charge in [0, 0.05) is 26.0 Å². The fourth-order valence-electron chi connectivity index (χ4n) is 1.38. The molecule has 1 aromatic rings. The zero-order valence-electron chi connectivity index (χ0n) is 9.31. The van der Waals surface area contributed by atoms with Gasteiger partial charge < -0.3 is 15.0 Å². The lowest BCUT2D eigenvalue weighted by molar-refractivity contribution is 0.141. The number of rotatable bonds is 6. The quantitative estimate of drug-likeness (QED) is 0.593. The molecule has 0 aliphatic heterocycles. The summed E-state index contributed by atoms with van der Waals surface area (Å²) in [6, 6.07) is 3.42. The molecule has 5 heteroatoms. The third-order valence-corrected chi connectivity index (χ3v) is 2.40. The summed E-state index contributed by atoms with van der Waals surface area (Å²) >= 11 is 4.80. The number of aromatic nitrogens is 1. The van der Waals surface area contributed by atoms with Crippen LogP contribution in [0, 0.1) is 0 Å². The van der Waals surface area contributed by atoms with Gasteiger partial charge in [0.25, 0.3) is 5.56 Å². The largest absolute Gasteiger partial charge is 0.389 e. The molecule has 0 amide bonds. The van der Waals surface area contributed by atoms with Crippen molar-refractivity contribution in [3.8, 4) is 0 Å². The number of aryl methyl sites for hydroxylation is 1. The first kappa shape index (κ1) is 12.9. The van der Waals surface area contributed by atoms with E-state index in [1.807, 2.05) is 6.92 Å². The fraction of sp³-hybridized carbons (Fsp3) is 0.455. The average molecular weight is 240 g/mol. The molecule has 1 rings (SSSR count). The highest BCUT2D eigenvalue weighted by atomic mass is 32.1. The second-order valence-corrected chi connectivity index (χ2v) is 3.77. The molecule has 0 saturated carbocycles. The lowest BCUT2D eigenvalue weighted by Crippen LogP contribution is -2.28. The van der Waals surface area contributed by atoms with Gasteiger partial charge in [0.2, 0.25) is 0 Å². The zero-order chi connectivity index (χ0) is 12.0. The van der Waals surface area contributed by atoms with Crippen LogP contribution in [0.2, 0.25) is 0 Å². The van der Waals surface area contributed by atoms with E-state index in [1.54, 1.807) is 22.9 Å². The number of thiocarbonyl (C=S) groups is 1. The maximum Gasteiger partial charge on any atom is 0.260 e. The van der Waals surface area contributed by atoms with Crippen LogP contribution in [0.25, 0.3) is 0 Å². The maximum absolute atomic E-state index is 11.8. The van der Waals surface area contributed by atoms with E-state index in [2.05, 4.69) is 0 Å². The first-order valence-corrected chi connectivity index (χ1v) is 5.64. The van der Waals surface area contributed by atoms with E-state index in [0.717, 1.165) is 6.42 Å². The molecule has 0 saturated heterocycles. The Morgan fingerprint density at radius 2 is 2.38 bits per heavy atom. The van der Waals surface area contributed by atoms with Crippen molar-refractivity contribution in [2.45, 2.75) is 19.9 Å². The van der Waals surface area contributed by atoms with Gasteiger partial charge in [0.1, 0.15) is 4.99 Å². The molecule has 0 aliphatic carbocycles. The molecule has 1 aromatic heterocycles. The van der Waals surface area contributed by atoms with E-state index in [-0.39, 0.29) is 10.5 Å². The number of pyridine rings is 1. The standard InChI is InChI=1S/C11H16N2O2S/c1-2-15-8-4-7-13-6-3-5-9(10(12)16)11(13)14/h3,5-6H,2,4,7-8H2,1H3,(H2,12,16). The van der Waals surface area contributed by atoms with Crippen molar-refractivity contribution in [3.05, 3.63) is 34.2 Å². The average Bonchev–Trinajstić information content (AvgIpc) is 2.26. The molecule has 4 nitrogen and oxygen atoms in total. The van der Waals surface area contributed by atoms with Gasteiger partial charge in [-0.1, -0.05) is 12.2 Å². The van der Waals surface area contributed by atoms with Crippen LogP contribution in [-0.4, -0.2) is 22.8 Å². The Balaban J connectivity index is 2.70. The van der Waals surface area contributed by atoms with E-state index in [4.69, 9.17) is 22.7 Å². The van der Waals surface area contributed by atoms with Crippen molar-refractivity contribution in [3.63, 3.8) is 0 Å². The minimum absolute atomic E-state index is 0.133. The Bertz CT molecular complexity index is 415. The Morgan fingerprint density at radius 3 is 3.00 bits per heavy atom. The highest BCUT2D eigenvalue weighted by molar-refractivity contribution is 7.80. The summed E-state index contributed by atoms with van der Waals surface area (Å²) in [6.45, 7) is 3.91. The summed E-state index contributed by atoms with van der Waals surface area (Å²) < 4.78 is 6.81. The number of ether oxygens (including phenoxy) is 1. The summed E-state index contributed by atoms with van der Waals surface area (Å²) in [5.74, 6) is 0. The van der Waals surface area contributed by atoms with Gasteiger partial charge in [0.15, 0.2) is 0 Å². The molecular weight excluding hydrogens is 224 g/mol. The lowest BCUT2D eigenvalue weighted by Gasteiger charge is -2.07. The number of nitrogens with zero attached hydrogens (tertiary/aromatic N) is 1. The topological polar surface area (TPSA) is 57.2 Å². The van der Waals surface area contributed by atoms with Crippen molar-refractivity contribution < 1.29 is 4.74 Å². The second kappa shape index (κ2) is 6.40. The highest BCUT2D eigenvalue weighted by Crippen LogP contribution is 1.94. The zero-order valence-corrected chi connectivity index (χ0v) is 10.1. The third kappa shape index (κ3) is 3.43. The van der Waals surface area contributed by atoms with Crippen molar-refractivity contribution in [2.24, 2.45) is 5.73 Å². The first-order chi connectivity index (χ1) is 7.66. The predicted molar refractivity (Wildman–Crippen MR) is 67.7 cm³/mol. The van der Waals surface area contributed by atoms with Crippen LogP contribution in [-0.2, 0) is 11.3 Å². The first-order valence-electron chi connectivity index (χ1n) is 5.23. The van der Waals surface area contributed by atoms with Gasteiger partial charge in [-0.3, -0.25) is 4.79 Å². The number of hydrogen-bond acceptors (Lipinski definition) is 3. The van der Waals surface area contributed by atoms with Crippen LogP contribution >= 0.6 is 12.2 Å². The molecule has 0 bridgehead atoms. The van der Waals surface area contributed by atoms with Gasteiger partial charge in [-0.15, -0.1) is 0 Å². The molecule has 0 fully saturated rings. The fourth-order valence-corrected chi connectivity index (χ4v) is 1.54. The predicted octanol–water partition coefficient (Wildman–Crippen LogP) is 0.909. The monoisotopic (exact) mass is 240 g/mol. The van der Waals surface area contributed by atoms with Gasteiger partial charge in [-0.2, -0.15) is 0 Å². The van der Waals surface area contributed by atoms with Crippen LogP contribution < -0.4 is 11.3 Å². The summed E-state index contributed by atoms with van der Waals surface area (Å²) in [6.07, 6.45) is 2.53. The van der Waals surface area contributed by atoms with Crippen molar-refractivity contribution in [1.82, 2.24) is 4.57 Å². The Hall–Kier alpha value is -1.20. The molecule has 16 heavy (non-hydrogen) atoms. The number of nitrogens with two attached hydrogens (primary N) is 1. The SMILES string of the molecule is CCOCCCn1cccc(C(N)=S)c1=O. The van der Waals surface area contributed by atoms with E-state index in [9.17, 15) is 4.79 Å². The van der Waals surface area contributed by atoms with E-state index in [1.165, 1.54) is 0 Å². The maximum atomic E-state index is 11.8. The molecule has 2 N–H and O–H groups in total. The minimum atomic E-state index is -0.133. The smallest absolute Gasteiger partial charge is 0.260 e. The summed E-state index contributed by atoms with van der Waals surface area (Å²) in [5.41, 5.74) is 5.72. The van der Waals surface area contributed by atoms with E-state index in [0.29, 0.717) is 25.3 Å². The lowest BCUT2D eigenvalue weighted by atomic mass is 10.2. The van der Waals surface area contributed by atoms with Gasteiger partial charge in [-0.05, 0) is 25.5 Å². The Kier molecular flexibility index (Phi) is 5.14. The number of hydrogen-bond donors (Lipinski definition) is 1. The molecule has 0 aromatic carbocycles. The third-order valence-electron chi connectivity index (χ3n) is 2.18. The van der Waals surface area contributed by atoms with Crippen LogP contribution in [0.4, 0.5) is 0 Å². The Morgan fingerprint density at radius 1 is 1.62 bits per heavy atom. The van der Waals surface area contributed by atoms with Gasteiger partial charge in [-0.25, -0.2) is 0 Å². The summed E-state index contributed by atoms with van der Waals surface area (Å²) in [5, 5.41) is 0. The van der Waals surface area contributed by atoms with E-state index >= 15 is 0 Å². The molecule has 0 radical (unpaired) electrons.